The van der Waals surface area contributed by atoms with E-state index in [1.165, 1.54) is 0 Å². The monoisotopic (exact) mass is 243 g/mol. The van der Waals surface area contributed by atoms with Gasteiger partial charge in [0.2, 0.25) is 0 Å². The first-order valence-corrected chi connectivity index (χ1v) is 6.09. The minimum absolute atomic E-state index is 0.474. The van der Waals surface area contributed by atoms with Crippen molar-refractivity contribution >= 4 is 21.9 Å². The summed E-state index contributed by atoms with van der Waals surface area (Å²) in [6, 6.07) is 6.06. The Morgan fingerprint density at radius 3 is 2.33 bits per heavy atom. The van der Waals surface area contributed by atoms with Crippen molar-refractivity contribution in [1.29, 1.82) is 0 Å². The Bertz CT molecular complexity index is 686. The van der Waals surface area contributed by atoms with Crippen LogP contribution in [0.1, 0.15) is 30.9 Å². The highest BCUT2D eigenvalue weighted by Crippen LogP contribution is 2.37. The van der Waals surface area contributed by atoms with Crippen molar-refractivity contribution in [2.24, 2.45) is 5.73 Å². The van der Waals surface area contributed by atoms with Gasteiger partial charge >= 0.3 is 0 Å². The third-order valence-electron chi connectivity index (χ3n) is 3.20. The second kappa shape index (κ2) is 3.39. The van der Waals surface area contributed by atoms with Crippen molar-refractivity contribution in [3.05, 3.63) is 35.3 Å². The summed E-state index contributed by atoms with van der Waals surface area (Å²) < 4.78 is 11.5. The van der Waals surface area contributed by atoms with Gasteiger partial charge in [-0.2, -0.15) is 0 Å². The minimum atomic E-state index is -0.474. The lowest BCUT2D eigenvalue weighted by Crippen LogP contribution is -2.29. The van der Waals surface area contributed by atoms with Crippen molar-refractivity contribution < 1.29 is 8.83 Å². The lowest BCUT2D eigenvalue weighted by Gasteiger charge is -2.20. The molecule has 2 aromatic heterocycles. The molecule has 3 heteroatoms. The molecule has 0 fully saturated rings. The van der Waals surface area contributed by atoms with Crippen LogP contribution in [0, 0.1) is 13.8 Å². The van der Waals surface area contributed by atoms with Gasteiger partial charge in [-0.3, -0.25) is 0 Å². The zero-order valence-corrected chi connectivity index (χ0v) is 11.1. The number of hydrogen-bond acceptors (Lipinski definition) is 3. The predicted octanol–water partition coefficient (Wildman–Crippen LogP) is 3.99. The summed E-state index contributed by atoms with van der Waals surface area (Å²) in [5, 5.41) is 2.09. The van der Waals surface area contributed by atoms with Gasteiger partial charge in [-0.05, 0) is 45.9 Å². The van der Waals surface area contributed by atoms with Gasteiger partial charge in [0.25, 0.3) is 0 Å². The van der Waals surface area contributed by atoms with Crippen LogP contribution < -0.4 is 5.73 Å². The van der Waals surface area contributed by atoms with E-state index in [1.54, 1.807) is 0 Å². The van der Waals surface area contributed by atoms with Crippen LogP contribution in [0.3, 0.4) is 0 Å². The number of rotatable bonds is 1. The molecular weight excluding hydrogens is 226 g/mol. The van der Waals surface area contributed by atoms with Gasteiger partial charge in [-0.15, -0.1) is 0 Å². The Balaban J connectivity index is 2.56. The molecule has 0 amide bonds. The first kappa shape index (κ1) is 11.4. The van der Waals surface area contributed by atoms with Gasteiger partial charge in [0, 0.05) is 21.9 Å². The third-order valence-corrected chi connectivity index (χ3v) is 3.20. The predicted molar refractivity (Wildman–Crippen MR) is 72.7 cm³/mol. The second-order valence-corrected chi connectivity index (χ2v) is 5.52. The van der Waals surface area contributed by atoms with Crippen LogP contribution in [-0.2, 0) is 5.54 Å². The normalized spacial score (nSPS) is 12.7. The molecule has 18 heavy (non-hydrogen) atoms. The van der Waals surface area contributed by atoms with Crippen molar-refractivity contribution in [2.45, 2.75) is 33.2 Å². The topological polar surface area (TPSA) is 52.3 Å². The van der Waals surface area contributed by atoms with Crippen molar-refractivity contribution in [1.82, 2.24) is 0 Å². The van der Waals surface area contributed by atoms with Gasteiger partial charge < -0.3 is 14.6 Å². The van der Waals surface area contributed by atoms with Crippen LogP contribution in [0.15, 0.2) is 27.0 Å². The Morgan fingerprint density at radius 1 is 1.00 bits per heavy atom. The van der Waals surface area contributed by atoms with Gasteiger partial charge in [0.1, 0.15) is 22.7 Å². The molecule has 94 valence electrons. The summed E-state index contributed by atoms with van der Waals surface area (Å²) in [5.41, 5.74) is 8.58. The van der Waals surface area contributed by atoms with E-state index in [-0.39, 0.29) is 0 Å². The lowest BCUT2D eigenvalue weighted by atomic mass is 9.91. The highest BCUT2D eigenvalue weighted by Gasteiger charge is 2.25. The summed E-state index contributed by atoms with van der Waals surface area (Å²) >= 11 is 0. The highest BCUT2D eigenvalue weighted by molar-refractivity contribution is 5.99. The van der Waals surface area contributed by atoms with E-state index in [1.807, 2.05) is 45.9 Å². The molecule has 0 saturated heterocycles. The fourth-order valence-corrected chi connectivity index (χ4v) is 2.57. The molecule has 0 unspecified atom stereocenters. The molecule has 0 aliphatic carbocycles. The first-order valence-electron chi connectivity index (χ1n) is 6.09. The van der Waals surface area contributed by atoms with Crippen LogP contribution in [0.2, 0.25) is 0 Å². The standard InChI is InChI=1S/C15H17NO2/c1-8-5-10-7-12-11(6-9(2)17-12)13(14(10)18-8)15(3,4)16/h5-7H,16H2,1-4H3. The fraction of sp³-hybridized carbons (Fsp3) is 0.333. The zero-order valence-electron chi connectivity index (χ0n) is 11.1. The van der Waals surface area contributed by atoms with Crippen LogP contribution >= 0.6 is 0 Å². The van der Waals surface area contributed by atoms with Crippen LogP contribution in [-0.4, -0.2) is 0 Å². The van der Waals surface area contributed by atoms with Crippen molar-refractivity contribution in [2.75, 3.05) is 0 Å². The maximum atomic E-state index is 6.31. The Kier molecular flexibility index (Phi) is 2.14. The number of hydrogen-bond donors (Lipinski definition) is 1. The van der Waals surface area contributed by atoms with Gasteiger partial charge in [0.05, 0.1) is 0 Å². The van der Waals surface area contributed by atoms with E-state index in [0.29, 0.717) is 0 Å². The van der Waals surface area contributed by atoms with Gasteiger partial charge in [-0.25, -0.2) is 0 Å². The average Bonchev–Trinajstić information content (AvgIpc) is 2.71. The van der Waals surface area contributed by atoms with E-state index >= 15 is 0 Å². The molecule has 2 heterocycles. The van der Waals surface area contributed by atoms with Crippen molar-refractivity contribution in [3.63, 3.8) is 0 Å². The van der Waals surface area contributed by atoms with Gasteiger partial charge in [0.15, 0.2) is 0 Å². The van der Waals surface area contributed by atoms with E-state index in [2.05, 4.69) is 0 Å². The molecule has 0 bridgehead atoms. The molecule has 3 rings (SSSR count). The van der Waals surface area contributed by atoms with E-state index in [4.69, 9.17) is 14.6 Å². The molecular formula is C15H17NO2. The first-order chi connectivity index (χ1) is 8.36. The molecule has 3 nitrogen and oxygen atoms in total. The number of aryl methyl sites for hydroxylation is 2. The number of nitrogens with two attached hydrogens (primary N) is 1. The SMILES string of the molecule is Cc1cc2c(C(C)(C)N)c3oc(C)cc3cc2o1. The Morgan fingerprint density at radius 2 is 1.67 bits per heavy atom. The summed E-state index contributed by atoms with van der Waals surface area (Å²) in [6.07, 6.45) is 0. The maximum Gasteiger partial charge on any atom is 0.140 e. The van der Waals surface area contributed by atoms with Crippen LogP contribution in [0.5, 0.6) is 0 Å². The number of benzene rings is 1. The van der Waals surface area contributed by atoms with E-state index in [0.717, 1.165) is 39.0 Å². The summed E-state index contributed by atoms with van der Waals surface area (Å²) in [5.74, 6) is 1.78. The molecule has 0 spiro atoms. The maximum absolute atomic E-state index is 6.31. The third kappa shape index (κ3) is 1.55. The lowest BCUT2D eigenvalue weighted by molar-refractivity contribution is 0.528. The smallest absolute Gasteiger partial charge is 0.140 e. The Labute approximate surface area is 106 Å². The van der Waals surface area contributed by atoms with Crippen LogP contribution in [0.4, 0.5) is 0 Å². The molecule has 2 N–H and O–H groups in total. The second-order valence-electron chi connectivity index (χ2n) is 5.52. The fourth-order valence-electron chi connectivity index (χ4n) is 2.57. The Hall–Kier alpha value is -1.74. The molecule has 0 atom stereocenters. The number of fused-ring (bicyclic) bond motifs is 2. The van der Waals surface area contributed by atoms with E-state index in [9.17, 15) is 0 Å². The molecule has 0 aliphatic rings. The summed E-state index contributed by atoms with van der Waals surface area (Å²) in [6.45, 7) is 7.86. The highest BCUT2D eigenvalue weighted by atomic mass is 16.3. The van der Waals surface area contributed by atoms with Crippen LogP contribution in [0.25, 0.3) is 21.9 Å². The molecule has 0 aliphatic heterocycles. The summed E-state index contributed by atoms with van der Waals surface area (Å²) in [4.78, 5) is 0. The largest absolute Gasteiger partial charge is 0.461 e. The van der Waals surface area contributed by atoms with E-state index < -0.39 is 5.54 Å². The summed E-state index contributed by atoms with van der Waals surface area (Å²) in [7, 11) is 0. The number of furan rings is 2. The molecule has 1 aromatic carbocycles. The molecule has 0 radical (unpaired) electrons. The average molecular weight is 243 g/mol. The minimum Gasteiger partial charge on any atom is -0.461 e. The quantitative estimate of drug-likeness (QED) is 0.703. The molecule has 3 aromatic rings. The molecule has 0 saturated carbocycles. The van der Waals surface area contributed by atoms with Gasteiger partial charge in [-0.1, -0.05) is 0 Å². The zero-order chi connectivity index (χ0) is 13.1. The van der Waals surface area contributed by atoms with Crippen molar-refractivity contribution in [3.8, 4) is 0 Å².